The van der Waals surface area contributed by atoms with E-state index in [1.165, 1.54) is 18.3 Å². The summed E-state index contributed by atoms with van der Waals surface area (Å²) in [6.07, 6.45) is 3.15. The van der Waals surface area contributed by atoms with Crippen LogP contribution in [0.25, 0.3) is 10.9 Å². The van der Waals surface area contributed by atoms with Gasteiger partial charge < -0.3 is 14.9 Å². The molecule has 3 rings (SSSR count). The molecular weight excluding hydrogens is 309 g/mol. The van der Waals surface area contributed by atoms with Gasteiger partial charge in [0.1, 0.15) is 12.4 Å². The lowest BCUT2D eigenvalue weighted by Crippen LogP contribution is -2.19. The van der Waals surface area contributed by atoms with Crippen LogP contribution in [0.5, 0.6) is 0 Å². The highest BCUT2D eigenvalue weighted by molar-refractivity contribution is 6.30. The largest absolute Gasteiger partial charge is 0.338 e. The van der Waals surface area contributed by atoms with Crippen molar-refractivity contribution in [1.29, 1.82) is 0 Å². The first kappa shape index (κ1) is 14.3. The molecule has 2 N–H and O–H groups in total. The molecule has 1 amide bonds. The van der Waals surface area contributed by atoms with Crippen LogP contribution in [0.1, 0.15) is 0 Å². The zero-order valence-corrected chi connectivity index (χ0v) is 12.0. The van der Waals surface area contributed by atoms with Crippen LogP contribution in [0.4, 0.5) is 10.1 Å². The fourth-order valence-electron chi connectivity index (χ4n) is 2.21. The lowest BCUT2D eigenvalue weighted by Gasteiger charge is -2.08. The van der Waals surface area contributed by atoms with Gasteiger partial charge in [-0.15, -0.1) is 0 Å². The van der Waals surface area contributed by atoms with E-state index in [0.29, 0.717) is 10.9 Å². The highest BCUT2D eigenvalue weighted by Crippen LogP contribution is 2.19. The fourth-order valence-corrected chi connectivity index (χ4v) is 2.37. The molecule has 5 nitrogen and oxygen atoms in total. The van der Waals surface area contributed by atoms with E-state index in [-0.39, 0.29) is 22.8 Å². The molecule has 0 aliphatic carbocycles. The van der Waals surface area contributed by atoms with Crippen molar-refractivity contribution in [3.8, 4) is 0 Å². The van der Waals surface area contributed by atoms with Gasteiger partial charge in [0.25, 0.3) is 5.56 Å². The molecule has 0 fully saturated rings. The number of amides is 1. The minimum absolute atomic E-state index is 0.0327. The molecular formula is C15H11ClFN3O2. The number of fused-ring (bicyclic) bond motifs is 1. The van der Waals surface area contributed by atoms with Crippen LogP contribution in [0.15, 0.2) is 47.5 Å². The van der Waals surface area contributed by atoms with Crippen molar-refractivity contribution in [3.63, 3.8) is 0 Å². The Bertz CT molecular complexity index is 917. The van der Waals surface area contributed by atoms with Gasteiger partial charge in [0.2, 0.25) is 5.91 Å². The molecule has 0 bridgehead atoms. The number of benzene rings is 1. The Balaban J connectivity index is 1.81. The molecule has 0 aliphatic rings. The van der Waals surface area contributed by atoms with Gasteiger partial charge in [0, 0.05) is 17.4 Å². The Morgan fingerprint density at radius 1 is 1.32 bits per heavy atom. The zero-order chi connectivity index (χ0) is 15.7. The third kappa shape index (κ3) is 2.73. The number of nitrogens with zero attached hydrogens (tertiary/aromatic N) is 1. The van der Waals surface area contributed by atoms with Crippen LogP contribution in [0.3, 0.4) is 0 Å². The summed E-state index contributed by atoms with van der Waals surface area (Å²) < 4.78 is 15.3. The highest BCUT2D eigenvalue weighted by atomic mass is 35.5. The van der Waals surface area contributed by atoms with Crippen molar-refractivity contribution >= 4 is 34.1 Å². The summed E-state index contributed by atoms with van der Waals surface area (Å²) in [4.78, 5) is 26.2. The summed E-state index contributed by atoms with van der Waals surface area (Å²) >= 11 is 5.66. The number of anilines is 1. The van der Waals surface area contributed by atoms with Crippen LogP contribution in [0.2, 0.25) is 5.02 Å². The standard InChI is InChI=1S/C15H11ClFN3O2/c16-9-1-2-12(11(17)7-9)19-14(21)8-20-6-4-10-13(20)3-5-18-15(10)22/h1-7H,8H2,(H,18,22)(H,19,21). The maximum absolute atomic E-state index is 13.6. The number of H-pyrrole nitrogens is 1. The van der Waals surface area contributed by atoms with E-state index >= 15 is 0 Å². The molecule has 0 saturated heterocycles. The van der Waals surface area contributed by atoms with E-state index in [4.69, 9.17) is 11.6 Å². The molecule has 2 heterocycles. The third-order valence-electron chi connectivity index (χ3n) is 3.23. The van der Waals surface area contributed by atoms with Crippen molar-refractivity contribution in [2.24, 2.45) is 0 Å². The lowest BCUT2D eigenvalue weighted by molar-refractivity contribution is -0.116. The Morgan fingerprint density at radius 2 is 2.14 bits per heavy atom. The molecule has 2 aromatic heterocycles. The number of rotatable bonds is 3. The van der Waals surface area contributed by atoms with Crippen molar-refractivity contribution in [3.05, 3.63) is 63.9 Å². The van der Waals surface area contributed by atoms with Crippen molar-refractivity contribution < 1.29 is 9.18 Å². The Hall–Kier alpha value is -2.60. The predicted octanol–water partition coefficient (Wildman–Crippen LogP) is 2.76. The zero-order valence-electron chi connectivity index (χ0n) is 11.3. The summed E-state index contributed by atoms with van der Waals surface area (Å²) in [5.41, 5.74) is 0.472. The van der Waals surface area contributed by atoms with Gasteiger partial charge in [-0.1, -0.05) is 11.6 Å². The molecule has 0 unspecified atom stereocenters. The van der Waals surface area contributed by atoms with E-state index < -0.39 is 11.7 Å². The first-order chi connectivity index (χ1) is 10.5. The van der Waals surface area contributed by atoms with Crippen molar-refractivity contribution in [1.82, 2.24) is 9.55 Å². The van der Waals surface area contributed by atoms with Gasteiger partial charge in [-0.2, -0.15) is 0 Å². The minimum atomic E-state index is -0.602. The molecule has 0 spiro atoms. The maximum Gasteiger partial charge on any atom is 0.257 e. The van der Waals surface area contributed by atoms with Crippen LogP contribution in [-0.4, -0.2) is 15.5 Å². The van der Waals surface area contributed by atoms with Crippen LogP contribution in [0, 0.1) is 5.82 Å². The number of aromatic nitrogens is 2. The van der Waals surface area contributed by atoms with E-state index in [2.05, 4.69) is 10.3 Å². The SMILES string of the molecule is O=C(Cn1ccc2c(=O)[nH]ccc21)Nc1ccc(Cl)cc1F. The first-order valence-corrected chi connectivity index (χ1v) is 6.84. The van der Waals surface area contributed by atoms with E-state index in [9.17, 15) is 14.0 Å². The van der Waals surface area contributed by atoms with Gasteiger partial charge in [-0.25, -0.2) is 4.39 Å². The smallest absolute Gasteiger partial charge is 0.257 e. The maximum atomic E-state index is 13.6. The summed E-state index contributed by atoms with van der Waals surface area (Å²) in [7, 11) is 0. The average molecular weight is 320 g/mol. The lowest BCUT2D eigenvalue weighted by atomic mass is 10.3. The van der Waals surface area contributed by atoms with Gasteiger partial charge in [-0.05, 0) is 30.3 Å². The summed E-state index contributed by atoms with van der Waals surface area (Å²) in [5, 5.41) is 3.22. The second-order valence-electron chi connectivity index (χ2n) is 4.72. The number of carbonyl (C=O) groups is 1. The van der Waals surface area contributed by atoms with Gasteiger partial charge in [-0.3, -0.25) is 9.59 Å². The number of nitrogens with one attached hydrogen (secondary N) is 2. The number of pyridine rings is 1. The number of hydrogen-bond donors (Lipinski definition) is 2. The van der Waals surface area contributed by atoms with Crippen LogP contribution >= 0.6 is 11.6 Å². The molecule has 7 heteroatoms. The quantitative estimate of drug-likeness (QED) is 0.779. The van der Waals surface area contributed by atoms with Gasteiger partial charge in [0.15, 0.2) is 0 Å². The molecule has 22 heavy (non-hydrogen) atoms. The molecule has 0 aliphatic heterocycles. The summed E-state index contributed by atoms with van der Waals surface area (Å²) in [5.74, 6) is -1.01. The topological polar surface area (TPSA) is 66.9 Å². The second-order valence-corrected chi connectivity index (χ2v) is 5.16. The Kier molecular flexibility index (Phi) is 3.68. The molecule has 1 aromatic carbocycles. The molecule has 0 atom stereocenters. The monoisotopic (exact) mass is 319 g/mol. The van der Waals surface area contributed by atoms with E-state index in [1.807, 2.05) is 0 Å². The van der Waals surface area contributed by atoms with Gasteiger partial charge in [0.05, 0.1) is 16.6 Å². The Morgan fingerprint density at radius 3 is 2.91 bits per heavy atom. The number of carbonyl (C=O) groups excluding carboxylic acids is 1. The van der Waals surface area contributed by atoms with Crippen molar-refractivity contribution in [2.45, 2.75) is 6.54 Å². The number of halogens is 2. The summed E-state index contributed by atoms with van der Waals surface area (Å²) in [6.45, 7) is -0.0327. The molecule has 0 saturated carbocycles. The minimum Gasteiger partial charge on any atom is -0.338 e. The first-order valence-electron chi connectivity index (χ1n) is 6.46. The number of aromatic amines is 1. The van der Waals surface area contributed by atoms with Gasteiger partial charge >= 0.3 is 0 Å². The molecule has 112 valence electrons. The van der Waals surface area contributed by atoms with E-state index in [1.54, 1.807) is 22.9 Å². The predicted molar refractivity (Wildman–Crippen MR) is 82.6 cm³/mol. The van der Waals surface area contributed by atoms with Crippen LogP contribution in [-0.2, 0) is 11.3 Å². The molecule has 0 radical (unpaired) electrons. The van der Waals surface area contributed by atoms with E-state index in [0.717, 1.165) is 6.07 Å². The fraction of sp³-hybridized carbons (Fsp3) is 0.0667. The third-order valence-corrected chi connectivity index (χ3v) is 3.46. The van der Waals surface area contributed by atoms with Crippen molar-refractivity contribution in [2.75, 3.05) is 5.32 Å². The van der Waals surface area contributed by atoms with Crippen LogP contribution < -0.4 is 10.9 Å². The summed E-state index contributed by atoms with van der Waals surface area (Å²) in [6, 6.07) is 7.35. The average Bonchev–Trinajstić information content (AvgIpc) is 2.87. The number of hydrogen-bond acceptors (Lipinski definition) is 2. The highest BCUT2D eigenvalue weighted by Gasteiger charge is 2.10. The Labute approximate surface area is 129 Å². The normalized spacial score (nSPS) is 10.8. The molecule has 3 aromatic rings. The second kappa shape index (κ2) is 5.65.